The van der Waals surface area contributed by atoms with Crippen LogP contribution in [-0.4, -0.2) is 28.7 Å². The highest BCUT2D eigenvalue weighted by Crippen LogP contribution is 2.41. The third kappa shape index (κ3) is 2.53. The molecule has 0 spiro atoms. The first-order valence-corrected chi connectivity index (χ1v) is 6.28. The molecule has 2 heterocycles. The summed E-state index contributed by atoms with van der Waals surface area (Å²) in [5, 5.41) is 7.49. The molecule has 0 saturated heterocycles. The molecular formula is C13H16N4O3. The number of ether oxygens (including phenoxy) is 3. The Morgan fingerprint density at radius 3 is 3.00 bits per heavy atom. The van der Waals surface area contributed by atoms with E-state index in [1.807, 2.05) is 19.2 Å². The van der Waals surface area contributed by atoms with Gasteiger partial charge in [-0.1, -0.05) is 0 Å². The summed E-state index contributed by atoms with van der Waals surface area (Å²) >= 11 is 0. The van der Waals surface area contributed by atoms with E-state index in [-0.39, 0.29) is 6.79 Å². The summed E-state index contributed by atoms with van der Waals surface area (Å²) in [6.07, 6.45) is 1.68. The van der Waals surface area contributed by atoms with Crippen LogP contribution in [0.5, 0.6) is 17.2 Å². The van der Waals surface area contributed by atoms with Crippen LogP contribution in [0.3, 0.4) is 0 Å². The molecule has 0 bridgehead atoms. The Hall–Kier alpha value is -2.28. The molecule has 1 aromatic heterocycles. The van der Waals surface area contributed by atoms with Crippen molar-refractivity contribution in [2.24, 2.45) is 7.05 Å². The average Bonchev–Trinajstić information content (AvgIpc) is 3.06. The normalized spacial score (nSPS) is 12.7. The molecule has 20 heavy (non-hydrogen) atoms. The van der Waals surface area contributed by atoms with E-state index < -0.39 is 0 Å². The highest BCUT2D eigenvalue weighted by Gasteiger charge is 2.19. The van der Waals surface area contributed by atoms with Gasteiger partial charge in [-0.25, -0.2) is 4.98 Å². The summed E-state index contributed by atoms with van der Waals surface area (Å²) in [5.41, 5.74) is 1.06. The molecule has 0 unspecified atom stereocenters. The molecule has 2 aromatic rings. The number of rotatable bonds is 5. The van der Waals surface area contributed by atoms with Crippen molar-refractivity contribution >= 4 is 0 Å². The fraction of sp³-hybridized carbons (Fsp3) is 0.385. The molecule has 106 valence electrons. The van der Waals surface area contributed by atoms with Crippen molar-refractivity contribution in [3.63, 3.8) is 0 Å². The first-order valence-electron chi connectivity index (χ1n) is 6.28. The molecule has 0 radical (unpaired) electrons. The Morgan fingerprint density at radius 1 is 1.35 bits per heavy atom. The fourth-order valence-electron chi connectivity index (χ4n) is 2.07. The third-order valence-corrected chi connectivity index (χ3v) is 2.98. The largest absolute Gasteiger partial charge is 0.493 e. The van der Waals surface area contributed by atoms with E-state index in [4.69, 9.17) is 14.2 Å². The van der Waals surface area contributed by atoms with Crippen LogP contribution in [0.2, 0.25) is 0 Å². The first-order chi connectivity index (χ1) is 9.76. The fourth-order valence-corrected chi connectivity index (χ4v) is 2.07. The lowest BCUT2D eigenvalue weighted by atomic mass is 10.2. The van der Waals surface area contributed by atoms with Gasteiger partial charge in [0, 0.05) is 13.6 Å². The van der Waals surface area contributed by atoms with Crippen LogP contribution in [0.1, 0.15) is 11.4 Å². The van der Waals surface area contributed by atoms with E-state index in [9.17, 15) is 0 Å². The minimum absolute atomic E-state index is 0.237. The third-order valence-electron chi connectivity index (χ3n) is 2.98. The predicted octanol–water partition coefficient (Wildman–Crippen LogP) is 0.842. The van der Waals surface area contributed by atoms with Crippen LogP contribution >= 0.6 is 0 Å². The van der Waals surface area contributed by atoms with Crippen LogP contribution in [0, 0.1) is 0 Å². The smallest absolute Gasteiger partial charge is 0.231 e. The number of hydrogen-bond acceptors (Lipinski definition) is 6. The van der Waals surface area contributed by atoms with Gasteiger partial charge in [-0.3, -0.25) is 4.68 Å². The molecule has 0 amide bonds. The quantitative estimate of drug-likeness (QED) is 0.872. The Kier molecular flexibility index (Phi) is 3.42. The second kappa shape index (κ2) is 5.38. The van der Waals surface area contributed by atoms with Gasteiger partial charge < -0.3 is 19.5 Å². The van der Waals surface area contributed by atoms with Crippen molar-refractivity contribution in [2.45, 2.75) is 13.1 Å². The maximum absolute atomic E-state index is 5.39. The van der Waals surface area contributed by atoms with Gasteiger partial charge in [0.25, 0.3) is 0 Å². The van der Waals surface area contributed by atoms with E-state index in [1.165, 1.54) is 0 Å². The molecular weight excluding hydrogens is 260 g/mol. The molecule has 7 nitrogen and oxygen atoms in total. The van der Waals surface area contributed by atoms with Crippen LogP contribution in [0.25, 0.3) is 0 Å². The zero-order valence-corrected chi connectivity index (χ0v) is 11.4. The summed E-state index contributed by atoms with van der Waals surface area (Å²) in [4.78, 5) is 4.16. The SMILES string of the molecule is COc1cc(CNCc2ncn(C)n2)cc2c1OCO2. The lowest BCUT2D eigenvalue weighted by Gasteiger charge is -2.08. The Labute approximate surface area is 116 Å². The number of nitrogens with one attached hydrogen (secondary N) is 1. The number of hydrogen-bond donors (Lipinski definition) is 1. The van der Waals surface area contributed by atoms with E-state index in [0.717, 1.165) is 17.1 Å². The van der Waals surface area contributed by atoms with Crippen molar-refractivity contribution in [2.75, 3.05) is 13.9 Å². The maximum Gasteiger partial charge on any atom is 0.231 e. The van der Waals surface area contributed by atoms with E-state index in [0.29, 0.717) is 24.6 Å². The molecule has 1 N–H and O–H groups in total. The lowest BCUT2D eigenvalue weighted by molar-refractivity contribution is 0.171. The number of nitrogens with zero attached hydrogens (tertiary/aromatic N) is 3. The Balaban J connectivity index is 1.65. The summed E-state index contributed by atoms with van der Waals surface area (Å²) in [6.45, 7) is 1.52. The second-order valence-electron chi connectivity index (χ2n) is 4.47. The Bertz CT molecular complexity index is 612. The van der Waals surface area contributed by atoms with Gasteiger partial charge in [0.15, 0.2) is 17.3 Å². The Morgan fingerprint density at radius 2 is 2.25 bits per heavy atom. The van der Waals surface area contributed by atoms with Gasteiger partial charge in [-0.2, -0.15) is 5.10 Å². The molecule has 0 atom stereocenters. The first kappa shape index (κ1) is 12.7. The minimum atomic E-state index is 0.237. The molecule has 0 fully saturated rings. The molecule has 1 aliphatic heterocycles. The standard InChI is InChI=1S/C13H16N4O3/c1-17-7-15-12(16-17)6-14-5-9-3-10(18-2)13-11(4-9)19-8-20-13/h3-4,7,14H,5-6,8H2,1-2H3. The van der Waals surface area contributed by atoms with Crippen molar-refractivity contribution in [1.29, 1.82) is 0 Å². The van der Waals surface area contributed by atoms with E-state index >= 15 is 0 Å². The van der Waals surface area contributed by atoms with Crippen molar-refractivity contribution in [1.82, 2.24) is 20.1 Å². The predicted molar refractivity (Wildman–Crippen MR) is 70.7 cm³/mol. The molecule has 3 rings (SSSR count). The molecule has 7 heteroatoms. The summed E-state index contributed by atoms with van der Waals surface area (Å²) in [7, 11) is 3.46. The summed E-state index contributed by atoms with van der Waals surface area (Å²) in [5.74, 6) is 2.84. The monoisotopic (exact) mass is 276 g/mol. The average molecular weight is 276 g/mol. The van der Waals surface area contributed by atoms with Crippen molar-refractivity contribution in [3.05, 3.63) is 29.8 Å². The van der Waals surface area contributed by atoms with E-state index in [1.54, 1.807) is 18.1 Å². The van der Waals surface area contributed by atoms with Gasteiger partial charge in [0.2, 0.25) is 12.5 Å². The van der Waals surface area contributed by atoms with Crippen LogP contribution in [0.15, 0.2) is 18.5 Å². The zero-order chi connectivity index (χ0) is 13.9. The number of fused-ring (bicyclic) bond motifs is 1. The van der Waals surface area contributed by atoms with Crippen molar-refractivity contribution in [3.8, 4) is 17.2 Å². The van der Waals surface area contributed by atoms with Crippen LogP contribution in [-0.2, 0) is 20.1 Å². The molecule has 1 aromatic carbocycles. The topological polar surface area (TPSA) is 70.4 Å². The van der Waals surface area contributed by atoms with Gasteiger partial charge in [-0.15, -0.1) is 0 Å². The van der Waals surface area contributed by atoms with Gasteiger partial charge in [0.05, 0.1) is 13.7 Å². The maximum atomic E-state index is 5.39. The highest BCUT2D eigenvalue weighted by atomic mass is 16.7. The molecule has 1 aliphatic rings. The number of aromatic nitrogens is 3. The summed E-state index contributed by atoms with van der Waals surface area (Å²) < 4.78 is 17.7. The van der Waals surface area contributed by atoms with Crippen molar-refractivity contribution < 1.29 is 14.2 Å². The molecule has 0 aliphatic carbocycles. The lowest BCUT2D eigenvalue weighted by Crippen LogP contribution is -2.14. The zero-order valence-electron chi connectivity index (χ0n) is 11.4. The number of aryl methyl sites for hydroxylation is 1. The minimum Gasteiger partial charge on any atom is -0.493 e. The molecule has 0 saturated carbocycles. The number of benzene rings is 1. The van der Waals surface area contributed by atoms with Crippen LogP contribution in [0.4, 0.5) is 0 Å². The number of methoxy groups -OCH3 is 1. The van der Waals surface area contributed by atoms with Gasteiger partial charge in [0.1, 0.15) is 6.33 Å². The van der Waals surface area contributed by atoms with E-state index in [2.05, 4.69) is 15.4 Å². The second-order valence-corrected chi connectivity index (χ2v) is 4.47. The highest BCUT2D eigenvalue weighted by molar-refractivity contribution is 5.55. The van der Waals surface area contributed by atoms with Crippen LogP contribution < -0.4 is 19.5 Å². The van der Waals surface area contributed by atoms with Gasteiger partial charge in [-0.05, 0) is 17.7 Å². The summed E-state index contributed by atoms with van der Waals surface area (Å²) in [6, 6.07) is 3.88. The van der Waals surface area contributed by atoms with Gasteiger partial charge >= 0.3 is 0 Å².